The molecule has 1 aliphatic rings. The second-order valence-electron chi connectivity index (χ2n) is 5.06. The monoisotopic (exact) mass is 312 g/mol. The fourth-order valence-electron chi connectivity index (χ4n) is 2.16. The van der Waals surface area contributed by atoms with Crippen molar-refractivity contribution in [3.63, 3.8) is 0 Å². The van der Waals surface area contributed by atoms with Crippen LogP contribution in [-0.4, -0.2) is 18.4 Å². The van der Waals surface area contributed by atoms with Gasteiger partial charge in [0.2, 0.25) is 0 Å². The Morgan fingerprint density at radius 1 is 1.05 bits per heavy atom. The molecule has 0 saturated heterocycles. The van der Waals surface area contributed by atoms with Gasteiger partial charge in [0.15, 0.2) is 11.6 Å². The van der Waals surface area contributed by atoms with E-state index in [4.69, 9.17) is 0 Å². The minimum atomic E-state index is -1.37. The molecule has 118 valence electrons. The molecule has 2 rings (SSSR count). The Bertz CT molecular complexity index is 617. The van der Waals surface area contributed by atoms with Gasteiger partial charge in [-0.1, -0.05) is 12.2 Å². The van der Waals surface area contributed by atoms with Crippen molar-refractivity contribution in [3.05, 3.63) is 41.7 Å². The van der Waals surface area contributed by atoms with Gasteiger partial charge in [-0.25, -0.2) is 13.2 Å². The molecule has 0 fully saturated rings. The quantitative estimate of drug-likeness (QED) is 0.512. The van der Waals surface area contributed by atoms with Crippen molar-refractivity contribution in [2.75, 3.05) is 11.9 Å². The molecule has 0 spiro atoms. The fourth-order valence-corrected chi connectivity index (χ4v) is 2.16. The van der Waals surface area contributed by atoms with Crippen LogP contribution in [0.2, 0.25) is 0 Å². The molecular weight excluding hydrogens is 297 g/mol. The average Bonchev–Trinajstić information content (AvgIpc) is 2.51. The topological polar surface area (TPSA) is 58.2 Å². The predicted molar refractivity (Wildman–Crippen MR) is 74.4 cm³/mol. The molecule has 1 aromatic carbocycles. The first-order valence-corrected chi connectivity index (χ1v) is 6.86. The van der Waals surface area contributed by atoms with E-state index in [-0.39, 0.29) is 5.92 Å². The van der Waals surface area contributed by atoms with Gasteiger partial charge in [0.1, 0.15) is 5.82 Å². The zero-order chi connectivity index (χ0) is 16.1. The lowest BCUT2D eigenvalue weighted by molar-refractivity contribution is -0.136. The largest absolute Gasteiger partial charge is 0.348 e. The van der Waals surface area contributed by atoms with Crippen molar-refractivity contribution in [2.24, 2.45) is 5.92 Å². The van der Waals surface area contributed by atoms with Crippen molar-refractivity contribution in [2.45, 2.75) is 19.3 Å². The Balaban J connectivity index is 1.90. The van der Waals surface area contributed by atoms with E-state index in [1.807, 2.05) is 11.4 Å². The minimum absolute atomic E-state index is 0.252. The molecule has 7 heteroatoms. The number of carbonyl (C=O) groups is 2. The zero-order valence-corrected chi connectivity index (χ0v) is 11.7. The van der Waals surface area contributed by atoms with Gasteiger partial charge in [-0.05, 0) is 25.2 Å². The summed E-state index contributed by atoms with van der Waals surface area (Å²) in [4.78, 5) is 23.2. The highest BCUT2D eigenvalue weighted by Gasteiger charge is 2.19. The van der Waals surface area contributed by atoms with Crippen molar-refractivity contribution >= 4 is 17.5 Å². The molecule has 22 heavy (non-hydrogen) atoms. The van der Waals surface area contributed by atoms with Gasteiger partial charge in [-0.15, -0.1) is 0 Å². The first-order valence-electron chi connectivity index (χ1n) is 6.86. The number of hydrogen-bond donors (Lipinski definition) is 2. The molecule has 0 heterocycles. The van der Waals surface area contributed by atoms with E-state index in [0.717, 1.165) is 19.3 Å². The van der Waals surface area contributed by atoms with Crippen molar-refractivity contribution in [1.82, 2.24) is 5.32 Å². The van der Waals surface area contributed by atoms with Crippen LogP contribution < -0.4 is 10.6 Å². The van der Waals surface area contributed by atoms with Crippen molar-refractivity contribution in [3.8, 4) is 0 Å². The summed E-state index contributed by atoms with van der Waals surface area (Å²) in [7, 11) is 0. The molecule has 1 aromatic rings. The Morgan fingerprint density at radius 2 is 1.77 bits per heavy atom. The number of benzene rings is 1. The van der Waals surface area contributed by atoms with Crippen LogP contribution >= 0.6 is 0 Å². The van der Waals surface area contributed by atoms with Crippen molar-refractivity contribution in [1.29, 1.82) is 0 Å². The van der Waals surface area contributed by atoms with Gasteiger partial charge < -0.3 is 10.6 Å². The number of carbonyl (C=O) groups excluding carboxylic acids is 2. The average molecular weight is 312 g/mol. The Hall–Kier alpha value is -2.31. The highest BCUT2D eigenvalue weighted by molar-refractivity contribution is 6.39. The normalized spacial score (nSPS) is 17.1. The lowest BCUT2D eigenvalue weighted by atomic mass is 9.94. The van der Waals surface area contributed by atoms with E-state index in [1.165, 1.54) is 0 Å². The molecule has 0 aromatic heterocycles. The van der Waals surface area contributed by atoms with Gasteiger partial charge in [-0.2, -0.15) is 0 Å². The van der Waals surface area contributed by atoms with Crippen LogP contribution in [0.15, 0.2) is 24.3 Å². The van der Waals surface area contributed by atoms with Gasteiger partial charge in [0, 0.05) is 18.7 Å². The summed E-state index contributed by atoms with van der Waals surface area (Å²) < 4.78 is 39.1. The third kappa shape index (κ3) is 4.09. The standard InChI is InChI=1S/C15H15F3N2O2/c16-10-6-12(18)13(7-11(10)17)20-15(22)14(21)19-8-9-4-2-1-3-5-9/h1-2,6-7,9H,3-5,8H2,(H,19,21)(H,20,22). The van der Waals surface area contributed by atoms with Crippen LogP contribution in [0.5, 0.6) is 0 Å². The number of rotatable bonds is 3. The maximum atomic E-state index is 13.4. The SMILES string of the molecule is O=C(NCC1CC=CCC1)C(=O)Nc1cc(F)c(F)cc1F. The molecular formula is C15H15F3N2O2. The van der Waals surface area contributed by atoms with Crippen LogP contribution in [-0.2, 0) is 9.59 Å². The van der Waals surface area contributed by atoms with Crippen LogP contribution in [0.1, 0.15) is 19.3 Å². The first-order chi connectivity index (χ1) is 10.5. The molecule has 1 unspecified atom stereocenters. The van der Waals surface area contributed by atoms with E-state index < -0.39 is 35.0 Å². The smallest absolute Gasteiger partial charge is 0.313 e. The summed E-state index contributed by atoms with van der Waals surface area (Å²) >= 11 is 0. The molecule has 0 bridgehead atoms. The number of halogens is 3. The molecule has 0 aliphatic heterocycles. The second kappa shape index (κ2) is 7.11. The molecule has 0 saturated carbocycles. The fraction of sp³-hybridized carbons (Fsp3) is 0.333. The third-order valence-corrected chi connectivity index (χ3v) is 3.39. The Morgan fingerprint density at radius 3 is 2.45 bits per heavy atom. The molecule has 4 nitrogen and oxygen atoms in total. The highest BCUT2D eigenvalue weighted by atomic mass is 19.2. The summed E-state index contributed by atoms with van der Waals surface area (Å²) in [5.74, 6) is -5.66. The van der Waals surface area contributed by atoms with E-state index in [0.29, 0.717) is 18.7 Å². The van der Waals surface area contributed by atoms with Crippen LogP contribution in [0.25, 0.3) is 0 Å². The summed E-state index contributed by atoms with van der Waals surface area (Å²) in [5, 5.41) is 4.36. The predicted octanol–water partition coefficient (Wildman–Crippen LogP) is 2.51. The summed E-state index contributed by atoms with van der Waals surface area (Å²) in [5.41, 5.74) is -0.584. The van der Waals surface area contributed by atoms with Crippen LogP contribution in [0, 0.1) is 23.4 Å². The maximum Gasteiger partial charge on any atom is 0.313 e. The molecule has 1 atom stereocenters. The minimum Gasteiger partial charge on any atom is -0.348 e. The maximum absolute atomic E-state index is 13.4. The first kappa shape index (κ1) is 16.1. The van der Waals surface area contributed by atoms with Gasteiger partial charge >= 0.3 is 11.8 Å². The summed E-state index contributed by atoms with van der Waals surface area (Å²) in [6, 6.07) is 0.791. The number of allylic oxidation sites excluding steroid dienone is 2. The second-order valence-corrected chi connectivity index (χ2v) is 5.06. The number of nitrogens with one attached hydrogen (secondary N) is 2. The van der Waals surface area contributed by atoms with Gasteiger partial charge in [0.25, 0.3) is 0 Å². The molecule has 0 radical (unpaired) electrons. The van der Waals surface area contributed by atoms with Crippen LogP contribution in [0.4, 0.5) is 18.9 Å². The molecule has 2 amide bonds. The number of amides is 2. The van der Waals surface area contributed by atoms with E-state index >= 15 is 0 Å². The van der Waals surface area contributed by atoms with E-state index in [1.54, 1.807) is 0 Å². The Labute approximate surface area is 125 Å². The number of hydrogen-bond acceptors (Lipinski definition) is 2. The molecule has 1 aliphatic carbocycles. The summed E-state index contributed by atoms with van der Waals surface area (Å²) in [6.45, 7) is 0.330. The number of anilines is 1. The Kier molecular flexibility index (Phi) is 5.19. The lowest BCUT2D eigenvalue weighted by Crippen LogP contribution is -2.38. The third-order valence-electron chi connectivity index (χ3n) is 3.39. The van der Waals surface area contributed by atoms with Crippen LogP contribution in [0.3, 0.4) is 0 Å². The van der Waals surface area contributed by atoms with Crippen molar-refractivity contribution < 1.29 is 22.8 Å². The highest BCUT2D eigenvalue weighted by Crippen LogP contribution is 2.19. The van der Waals surface area contributed by atoms with E-state index in [2.05, 4.69) is 11.4 Å². The summed E-state index contributed by atoms with van der Waals surface area (Å²) in [6.07, 6.45) is 6.72. The molecule has 2 N–H and O–H groups in total. The lowest BCUT2D eigenvalue weighted by Gasteiger charge is -2.17. The van der Waals surface area contributed by atoms with Gasteiger partial charge in [0.05, 0.1) is 5.69 Å². The van der Waals surface area contributed by atoms with Gasteiger partial charge in [-0.3, -0.25) is 9.59 Å². The van der Waals surface area contributed by atoms with E-state index in [9.17, 15) is 22.8 Å². The zero-order valence-electron chi connectivity index (χ0n) is 11.7.